The number of ether oxygens (including phenoxy) is 2. The first-order valence-electron chi connectivity index (χ1n) is 7.01. The summed E-state index contributed by atoms with van der Waals surface area (Å²) in [5, 5.41) is 11.8. The number of nitrogens with zero attached hydrogens (tertiary/aromatic N) is 2. The van der Waals surface area contributed by atoms with Crippen molar-refractivity contribution in [3.05, 3.63) is 29.5 Å². The van der Waals surface area contributed by atoms with Crippen LogP contribution >= 0.6 is 0 Å². The van der Waals surface area contributed by atoms with E-state index in [1.54, 1.807) is 13.1 Å². The van der Waals surface area contributed by atoms with E-state index >= 15 is 0 Å². The molecule has 3 rings (SSSR count). The number of likely N-dealkylation sites (N-methyl/N-ethyl adjacent to an activating group) is 1. The lowest BCUT2D eigenvalue weighted by molar-refractivity contribution is -0.121. The number of aliphatic imine (C=N–C) groups is 1. The number of aliphatic hydroxyl groups excluding tert-OH is 1. The molecule has 1 fully saturated rings. The highest BCUT2D eigenvalue weighted by molar-refractivity contribution is 6.15. The summed E-state index contributed by atoms with van der Waals surface area (Å²) in [5.74, 6) is 1.71. The molecule has 0 spiro atoms. The predicted octanol–water partition coefficient (Wildman–Crippen LogP) is 0.556. The van der Waals surface area contributed by atoms with Crippen LogP contribution in [0, 0.1) is 0 Å². The second-order valence-corrected chi connectivity index (χ2v) is 4.94. The second-order valence-electron chi connectivity index (χ2n) is 4.94. The molecule has 0 atom stereocenters. The van der Waals surface area contributed by atoms with E-state index in [0.29, 0.717) is 36.1 Å². The molecule has 0 aliphatic carbocycles. The molecule has 0 bridgehead atoms. The molecule has 7 heteroatoms. The Labute approximate surface area is 127 Å². The van der Waals surface area contributed by atoms with Crippen molar-refractivity contribution >= 4 is 17.9 Å². The van der Waals surface area contributed by atoms with Gasteiger partial charge in [-0.05, 0) is 30.2 Å². The molecular formula is C15H17N3O4. The normalized spacial score (nSPS) is 20.1. The number of fused-ring (bicyclic) bond motifs is 1. The molecule has 2 heterocycles. The minimum Gasteiger partial charge on any atom is -0.454 e. The van der Waals surface area contributed by atoms with Crippen molar-refractivity contribution < 1.29 is 19.4 Å². The Morgan fingerprint density at radius 2 is 2.23 bits per heavy atom. The number of amides is 1. The van der Waals surface area contributed by atoms with Crippen molar-refractivity contribution in [2.45, 2.75) is 6.42 Å². The average molecular weight is 303 g/mol. The lowest BCUT2D eigenvalue weighted by atomic mass is 10.1. The minimum absolute atomic E-state index is 0.0777. The van der Waals surface area contributed by atoms with Crippen molar-refractivity contribution in [2.75, 3.05) is 27.0 Å². The van der Waals surface area contributed by atoms with Crippen LogP contribution in [-0.4, -0.2) is 48.9 Å². The van der Waals surface area contributed by atoms with Crippen molar-refractivity contribution in [3.63, 3.8) is 0 Å². The SMILES string of the molecule is CN1C(=O)/C(=C/c2ccc3c(c2)OCO3)NC1=NCCCO. The van der Waals surface area contributed by atoms with E-state index in [-0.39, 0.29) is 19.3 Å². The van der Waals surface area contributed by atoms with Gasteiger partial charge in [0.2, 0.25) is 12.8 Å². The molecule has 7 nitrogen and oxygen atoms in total. The van der Waals surface area contributed by atoms with E-state index in [0.717, 1.165) is 5.56 Å². The fourth-order valence-corrected chi connectivity index (χ4v) is 2.20. The number of hydrogen-bond donors (Lipinski definition) is 2. The van der Waals surface area contributed by atoms with Crippen molar-refractivity contribution in [1.82, 2.24) is 10.2 Å². The topological polar surface area (TPSA) is 83.4 Å². The number of nitrogens with one attached hydrogen (secondary N) is 1. The number of carbonyl (C=O) groups excluding carboxylic acids is 1. The Bertz CT molecular complexity index is 654. The monoisotopic (exact) mass is 303 g/mol. The van der Waals surface area contributed by atoms with Gasteiger partial charge in [0.15, 0.2) is 11.5 Å². The summed E-state index contributed by atoms with van der Waals surface area (Å²) >= 11 is 0. The molecule has 0 unspecified atom stereocenters. The predicted molar refractivity (Wildman–Crippen MR) is 80.5 cm³/mol. The van der Waals surface area contributed by atoms with Gasteiger partial charge in [0.05, 0.1) is 0 Å². The minimum atomic E-state index is -0.152. The number of benzene rings is 1. The molecule has 0 aromatic heterocycles. The average Bonchev–Trinajstić information content (AvgIpc) is 3.08. The molecule has 2 N–H and O–H groups in total. The van der Waals surface area contributed by atoms with E-state index in [1.165, 1.54) is 4.90 Å². The summed E-state index contributed by atoms with van der Waals surface area (Å²) in [7, 11) is 1.66. The van der Waals surface area contributed by atoms with Crippen LogP contribution in [0.15, 0.2) is 28.9 Å². The lowest BCUT2D eigenvalue weighted by Gasteiger charge is -2.06. The summed E-state index contributed by atoms with van der Waals surface area (Å²) in [5.41, 5.74) is 1.29. The highest BCUT2D eigenvalue weighted by Crippen LogP contribution is 2.33. The van der Waals surface area contributed by atoms with Gasteiger partial charge in [0, 0.05) is 20.2 Å². The van der Waals surface area contributed by atoms with Gasteiger partial charge in [-0.3, -0.25) is 14.7 Å². The van der Waals surface area contributed by atoms with Crippen molar-refractivity contribution in [1.29, 1.82) is 0 Å². The molecule has 2 aliphatic rings. The van der Waals surface area contributed by atoms with E-state index in [4.69, 9.17) is 14.6 Å². The Balaban J connectivity index is 1.79. The molecule has 1 saturated heterocycles. The zero-order valence-electron chi connectivity index (χ0n) is 12.2. The van der Waals surface area contributed by atoms with Crippen LogP contribution in [0.25, 0.3) is 6.08 Å². The fraction of sp³-hybridized carbons (Fsp3) is 0.333. The van der Waals surface area contributed by atoms with Crippen molar-refractivity contribution in [3.8, 4) is 11.5 Å². The standard InChI is InChI=1S/C15H17N3O4/c1-18-14(20)11(17-15(18)16-5-2-6-19)7-10-3-4-12-13(8-10)22-9-21-12/h3-4,7-8,19H,2,5-6,9H2,1H3,(H,16,17)/b11-7-. The fourth-order valence-electron chi connectivity index (χ4n) is 2.20. The van der Waals surface area contributed by atoms with E-state index in [2.05, 4.69) is 10.3 Å². The van der Waals surface area contributed by atoms with E-state index < -0.39 is 0 Å². The highest BCUT2D eigenvalue weighted by atomic mass is 16.7. The second kappa shape index (κ2) is 6.07. The van der Waals surface area contributed by atoms with Crippen LogP contribution in [0.5, 0.6) is 11.5 Å². The highest BCUT2D eigenvalue weighted by Gasteiger charge is 2.28. The number of carbonyl (C=O) groups is 1. The van der Waals surface area contributed by atoms with Gasteiger partial charge >= 0.3 is 0 Å². The molecular weight excluding hydrogens is 286 g/mol. The summed E-state index contributed by atoms with van der Waals surface area (Å²) < 4.78 is 10.6. The molecule has 0 saturated carbocycles. The van der Waals surface area contributed by atoms with Gasteiger partial charge in [-0.25, -0.2) is 0 Å². The van der Waals surface area contributed by atoms with Gasteiger partial charge in [0.1, 0.15) is 5.70 Å². The van der Waals surface area contributed by atoms with Crippen LogP contribution in [0.2, 0.25) is 0 Å². The number of aliphatic hydroxyl groups is 1. The number of rotatable bonds is 4. The molecule has 0 radical (unpaired) electrons. The maximum Gasteiger partial charge on any atom is 0.276 e. The zero-order chi connectivity index (χ0) is 15.5. The summed E-state index contributed by atoms with van der Waals surface area (Å²) in [6.45, 7) is 0.763. The lowest BCUT2D eigenvalue weighted by Crippen LogP contribution is -2.28. The molecule has 1 amide bonds. The third-order valence-electron chi connectivity index (χ3n) is 3.38. The Hall–Kier alpha value is -2.54. The largest absolute Gasteiger partial charge is 0.454 e. The summed E-state index contributed by atoms with van der Waals surface area (Å²) in [6, 6.07) is 5.50. The van der Waals surface area contributed by atoms with Crippen LogP contribution in [0.4, 0.5) is 0 Å². The van der Waals surface area contributed by atoms with Gasteiger partial charge < -0.3 is 19.9 Å². The zero-order valence-corrected chi connectivity index (χ0v) is 12.2. The first-order valence-corrected chi connectivity index (χ1v) is 7.01. The summed E-state index contributed by atoms with van der Waals surface area (Å²) in [4.78, 5) is 17.9. The third-order valence-corrected chi connectivity index (χ3v) is 3.38. The van der Waals surface area contributed by atoms with Crippen LogP contribution in [0.1, 0.15) is 12.0 Å². The first-order chi connectivity index (χ1) is 10.7. The summed E-state index contributed by atoms with van der Waals surface area (Å²) in [6.07, 6.45) is 2.31. The Morgan fingerprint density at radius 1 is 1.41 bits per heavy atom. The number of guanidine groups is 1. The molecule has 2 aliphatic heterocycles. The maximum absolute atomic E-state index is 12.2. The third kappa shape index (κ3) is 2.75. The van der Waals surface area contributed by atoms with Gasteiger partial charge in [0.25, 0.3) is 5.91 Å². The van der Waals surface area contributed by atoms with Gasteiger partial charge in [-0.2, -0.15) is 0 Å². The van der Waals surface area contributed by atoms with E-state index in [1.807, 2.05) is 18.2 Å². The quantitative estimate of drug-likeness (QED) is 0.627. The first kappa shape index (κ1) is 14.4. The Kier molecular flexibility index (Phi) is 3.97. The van der Waals surface area contributed by atoms with Crippen LogP contribution < -0.4 is 14.8 Å². The molecule has 1 aromatic rings. The van der Waals surface area contributed by atoms with Crippen LogP contribution in [0.3, 0.4) is 0 Å². The molecule has 22 heavy (non-hydrogen) atoms. The maximum atomic E-state index is 12.2. The molecule has 1 aromatic carbocycles. The van der Waals surface area contributed by atoms with Crippen LogP contribution in [-0.2, 0) is 4.79 Å². The van der Waals surface area contributed by atoms with Gasteiger partial charge in [-0.15, -0.1) is 0 Å². The van der Waals surface area contributed by atoms with Crippen molar-refractivity contribution in [2.24, 2.45) is 4.99 Å². The smallest absolute Gasteiger partial charge is 0.276 e. The molecule has 116 valence electrons. The Morgan fingerprint density at radius 3 is 3.05 bits per heavy atom. The number of hydrogen-bond acceptors (Lipinski definition) is 5. The van der Waals surface area contributed by atoms with E-state index in [9.17, 15) is 4.79 Å². The van der Waals surface area contributed by atoms with Gasteiger partial charge in [-0.1, -0.05) is 6.07 Å².